The maximum Gasteiger partial charge on any atom is 0.252 e. The van der Waals surface area contributed by atoms with Gasteiger partial charge in [-0.05, 0) is 12.1 Å². The van der Waals surface area contributed by atoms with Gasteiger partial charge in [0.05, 0.1) is 19.8 Å². The van der Waals surface area contributed by atoms with E-state index in [-0.39, 0.29) is 5.91 Å². The predicted octanol–water partition coefficient (Wildman–Crippen LogP) is 0.405. The zero-order valence-corrected chi connectivity index (χ0v) is 12.2. The van der Waals surface area contributed by atoms with Crippen LogP contribution in [0.4, 0.5) is 0 Å². The van der Waals surface area contributed by atoms with Crippen molar-refractivity contribution in [2.75, 3.05) is 26.3 Å². The summed E-state index contributed by atoms with van der Waals surface area (Å²) in [4.78, 5) is 11.6. The fraction of sp³-hybridized carbons (Fsp3) is 0.545. The van der Waals surface area contributed by atoms with E-state index in [1.807, 2.05) is 0 Å². The predicted molar refractivity (Wildman–Crippen MR) is 71.4 cm³/mol. The SMILES string of the molecule is CC(=O)NCc1ccc(S(=O)(=O)N2CCOCC2)s1. The van der Waals surface area contributed by atoms with Gasteiger partial charge in [-0.1, -0.05) is 0 Å². The summed E-state index contributed by atoms with van der Waals surface area (Å²) >= 11 is 1.19. The molecule has 0 atom stereocenters. The minimum Gasteiger partial charge on any atom is -0.379 e. The molecule has 8 heteroatoms. The molecular weight excluding hydrogens is 288 g/mol. The number of carbonyl (C=O) groups is 1. The van der Waals surface area contributed by atoms with Gasteiger partial charge in [-0.2, -0.15) is 4.31 Å². The summed E-state index contributed by atoms with van der Waals surface area (Å²) in [5, 5.41) is 2.65. The molecule has 1 aliphatic heterocycles. The molecule has 1 N–H and O–H groups in total. The molecular formula is C11H16N2O4S2. The van der Waals surface area contributed by atoms with Crippen LogP contribution in [0.2, 0.25) is 0 Å². The lowest BCUT2D eigenvalue weighted by atomic mass is 10.4. The van der Waals surface area contributed by atoms with Crippen LogP contribution in [0.5, 0.6) is 0 Å². The smallest absolute Gasteiger partial charge is 0.252 e. The van der Waals surface area contributed by atoms with Crippen molar-refractivity contribution in [3.05, 3.63) is 17.0 Å². The molecule has 2 heterocycles. The first kappa shape index (κ1) is 14.4. The van der Waals surface area contributed by atoms with Crippen molar-refractivity contribution >= 4 is 27.3 Å². The van der Waals surface area contributed by atoms with Crippen LogP contribution in [0, 0.1) is 0 Å². The van der Waals surface area contributed by atoms with Crippen LogP contribution >= 0.6 is 11.3 Å². The van der Waals surface area contributed by atoms with E-state index in [4.69, 9.17) is 4.74 Å². The van der Waals surface area contributed by atoms with Gasteiger partial charge in [-0.3, -0.25) is 4.79 Å². The standard InChI is InChI=1S/C11H16N2O4S2/c1-9(14)12-8-10-2-3-11(18-10)19(15,16)13-4-6-17-7-5-13/h2-3H,4-8H2,1H3,(H,12,14). The Kier molecular flexibility index (Phi) is 4.56. The van der Waals surface area contributed by atoms with Gasteiger partial charge in [0.2, 0.25) is 5.91 Å². The van der Waals surface area contributed by atoms with Gasteiger partial charge < -0.3 is 10.1 Å². The molecule has 0 aliphatic carbocycles. The second-order valence-electron chi connectivity index (χ2n) is 4.15. The van der Waals surface area contributed by atoms with Gasteiger partial charge in [0.1, 0.15) is 4.21 Å². The van der Waals surface area contributed by atoms with Gasteiger partial charge in [0.25, 0.3) is 10.0 Å². The summed E-state index contributed by atoms with van der Waals surface area (Å²) in [6, 6.07) is 3.32. The lowest BCUT2D eigenvalue weighted by molar-refractivity contribution is -0.119. The van der Waals surface area contributed by atoms with Crippen LogP contribution < -0.4 is 5.32 Å². The van der Waals surface area contributed by atoms with Gasteiger partial charge >= 0.3 is 0 Å². The normalized spacial score (nSPS) is 17.3. The van der Waals surface area contributed by atoms with Crippen molar-refractivity contribution in [3.63, 3.8) is 0 Å². The van der Waals surface area contributed by atoms with E-state index in [2.05, 4.69) is 5.32 Å². The summed E-state index contributed by atoms with van der Waals surface area (Å²) in [5.74, 6) is -0.133. The summed E-state index contributed by atoms with van der Waals surface area (Å²) in [6.45, 7) is 3.44. The molecule has 0 spiro atoms. The molecule has 106 valence electrons. The zero-order chi connectivity index (χ0) is 13.9. The van der Waals surface area contributed by atoms with Crippen molar-refractivity contribution in [1.29, 1.82) is 0 Å². The largest absolute Gasteiger partial charge is 0.379 e. The molecule has 1 aliphatic rings. The average Bonchev–Trinajstić information content (AvgIpc) is 2.87. The molecule has 1 saturated heterocycles. The summed E-state index contributed by atoms with van der Waals surface area (Å²) in [6.07, 6.45) is 0. The lowest BCUT2D eigenvalue weighted by Crippen LogP contribution is -2.40. The number of hydrogen-bond acceptors (Lipinski definition) is 5. The molecule has 1 aromatic heterocycles. The second kappa shape index (κ2) is 6.00. The number of nitrogens with one attached hydrogen (secondary N) is 1. The number of thiophene rings is 1. The highest BCUT2D eigenvalue weighted by Crippen LogP contribution is 2.25. The summed E-state index contributed by atoms with van der Waals surface area (Å²) in [7, 11) is -3.42. The van der Waals surface area contributed by atoms with Crippen LogP contribution in [-0.4, -0.2) is 44.9 Å². The maximum absolute atomic E-state index is 12.3. The molecule has 6 nitrogen and oxygen atoms in total. The Labute approximate surface area is 116 Å². The highest BCUT2D eigenvalue weighted by atomic mass is 32.2. The van der Waals surface area contributed by atoms with E-state index >= 15 is 0 Å². The molecule has 0 bridgehead atoms. The Morgan fingerprint density at radius 3 is 2.74 bits per heavy atom. The van der Waals surface area contributed by atoms with Crippen LogP contribution in [0.15, 0.2) is 16.3 Å². The minimum absolute atomic E-state index is 0.133. The Bertz CT molecular complexity index is 547. The van der Waals surface area contributed by atoms with Crippen LogP contribution in [0.25, 0.3) is 0 Å². The van der Waals surface area contributed by atoms with Crippen molar-refractivity contribution in [2.24, 2.45) is 0 Å². The van der Waals surface area contributed by atoms with Gasteiger partial charge in [-0.15, -0.1) is 11.3 Å². The average molecular weight is 304 g/mol. The van der Waals surface area contributed by atoms with Crippen LogP contribution in [-0.2, 0) is 26.1 Å². The number of morpholine rings is 1. The molecule has 1 amide bonds. The Hall–Kier alpha value is -0.960. The van der Waals surface area contributed by atoms with Crippen LogP contribution in [0.3, 0.4) is 0 Å². The van der Waals surface area contributed by atoms with Crippen molar-refractivity contribution in [2.45, 2.75) is 17.7 Å². The maximum atomic E-state index is 12.3. The first-order valence-electron chi connectivity index (χ1n) is 5.91. The molecule has 0 saturated carbocycles. The monoisotopic (exact) mass is 304 g/mol. The highest BCUT2D eigenvalue weighted by Gasteiger charge is 2.27. The number of sulfonamides is 1. The summed E-state index contributed by atoms with van der Waals surface area (Å²) < 4.78 is 31.6. The van der Waals surface area contributed by atoms with Crippen molar-refractivity contribution in [3.8, 4) is 0 Å². The molecule has 19 heavy (non-hydrogen) atoms. The number of nitrogens with zero attached hydrogens (tertiary/aromatic N) is 1. The molecule has 1 fully saturated rings. The topological polar surface area (TPSA) is 75.7 Å². The molecule has 0 unspecified atom stereocenters. The third kappa shape index (κ3) is 3.53. The van der Waals surface area contributed by atoms with Crippen molar-refractivity contribution < 1.29 is 17.9 Å². The first-order valence-corrected chi connectivity index (χ1v) is 8.17. The van der Waals surface area contributed by atoms with E-state index in [0.29, 0.717) is 37.1 Å². The Morgan fingerprint density at radius 2 is 2.11 bits per heavy atom. The number of amides is 1. The van der Waals surface area contributed by atoms with Crippen molar-refractivity contribution in [1.82, 2.24) is 9.62 Å². The van der Waals surface area contributed by atoms with Gasteiger partial charge in [-0.25, -0.2) is 8.42 Å². The fourth-order valence-corrected chi connectivity index (χ4v) is 4.58. The van der Waals surface area contributed by atoms with Crippen LogP contribution in [0.1, 0.15) is 11.8 Å². The lowest BCUT2D eigenvalue weighted by Gasteiger charge is -2.25. The molecule has 0 radical (unpaired) electrons. The first-order chi connectivity index (χ1) is 9.00. The Morgan fingerprint density at radius 1 is 1.42 bits per heavy atom. The van der Waals surface area contributed by atoms with E-state index in [1.54, 1.807) is 12.1 Å². The quantitative estimate of drug-likeness (QED) is 0.874. The highest BCUT2D eigenvalue weighted by molar-refractivity contribution is 7.91. The fourth-order valence-electron chi connectivity index (χ4n) is 1.72. The van der Waals surface area contributed by atoms with E-state index in [1.165, 1.54) is 22.6 Å². The third-order valence-electron chi connectivity index (χ3n) is 2.71. The molecule has 1 aromatic rings. The Balaban J connectivity index is 2.10. The number of rotatable bonds is 4. The van der Waals surface area contributed by atoms with Gasteiger partial charge in [0.15, 0.2) is 0 Å². The van der Waals surface area contributed by atoms with E-state index in [9.17, 15) is 13.2 Å². The molecule has 2 rings (SSSR count). The minimum atomic E-state index is -3.42. The number of carbonyl (C=O) groups excluding carboxylic acids is 1. The zero-order valence-electron chi connectivity index (χ0n) is 10.6. The number of ether oxygens (including phenoxy) is 1. The third-order valence-corrected chi connectivity index (χ3v) is 6.16. The van der Waals surface area contributed by atoms with E-state index in [0.717, 1.165) is 4.88 Å². The van der Waals surface area contributed by atoms with Gasteiger partial charge in [0, 0.05) is 24.9 Å². The number of hydrogen-bond donors (Lipinski definition) is 1. The summed E-state index contributed by atoms with van der Waals surface area (Å²) in [5.41, 5.74) is 0. The molecule has 0 aromatic carbocycles. The van der Waals surface area contributed by atoms with E-state index < -0.39 is 10.0 Å². The second-order valence-corrected chi connectivity index (χ2v) is 7.48.